The van der Waals surface area contributed by atoms with Gasteiger partial charge in [-0.25, -0.2) is 9.37 Å². The van der Waals surface area contributed by atoms with Gasteiger partial charge in [-0.3, -0.25) is 9.36 Å². The molecule has 0 saturated carbocycles. The summed E-state index contributed by atoms with van der Waals surface area (Å²) in [4.78, 5) is 21.9. The largest absolute Gasteiger partial charge is 0.337 e. The average Bonchev–Trinajstić information content (AvgIpc) is 3.18. The van der Waals surface area contributed by atoms with Crippen LogP contribution in [0.3, 0.4) is 0 Å². The Morgan fingerprint density at radius 1 is 1.29 bits per heavy atom. The molecule has 0 saturated heterocycles. The van der Waals surface area contributed by atoms with Crippen LogP contribution in [0.5, 0.6) is 0 Å². The van der Waals surface area contributed by atoms with Crippen molar-refractivity contribution in [2.45, 2.75) is 13.5 Å². The van der Waals surface area contributed by atoms with Crippen LogP contribution in [0.25, 0.3) is 21.3 Å². The minimum absolute atomic E-state index is 0.154. The monoisotopic (exact) mass is 342 g/mol. The number of halogens is 1. The number of aryl methyl sites for hydroxylation is 1. The van der Waals surface area contributed by atoms with Gasteiger partial charge in [0.25, 0.3) is 5.56 Å². The number of benzene rings is 1. The normalized spacial score (nSPS) is 11.2. The molecule has 0 aliphatic rings. The molecule has 4 aromatic rings. The van der Waals surface area contributed by atoms with Gasteiger partial charge in [0.15, 0.2) is 5.82 Å². The van der Waals surface area contributed by atoms with E-state index in [1.165, 1.54) is 34.4 Å². The van der Waals surface area contributed by atoms with E-state index >= 15 is 0 Å². The molecule has 0 amide bonds. The van der Waals surface area contributed by atoms with Crippen LogP contribution < -0.4 is 5.56 Å². The van der Waals surface area contributed by atoms with Crippen molar-refractivity contribution in [2.75, 3.05) is 0 Å². The highest BCUT2D eigenvalue weighted by atomic mass is 32.1. The minimum Gasteiger partial charge on any atom is -0.337 e. The summed E-state index contributed by atoms with van der Waals surface area (Å²) < 4.78 is 19.6. The van der Waals surface area contributed by atoms with E-state index in [4.69, 9.17) is 4.52 Å². The first kappa shape index (κ1) is 14.7. The molecular formula is C16H11FN4O2S. The Morgan fingerprint density at radius 2 is 2.08 bits per heavy atom. The van der Waals surface area contributed by atoms with E-state index in [1.54, 1.807) is 19.1 Å². The Bertz CT molecular complexity index is 1080. The molecule has 1 aromatic carbocycles. The molecule has 0 bridgehead atoms. The van der Waals surface area contributed by atoms with Crippen LogP contribution >= 0.6 is 11.3 Å². The van der Waals surface area contributed by atoms with E-state index in [9.17, 15) is 9.18 Å². The molecule has 3 heterocycles. The molecule has 0 aliphatic heterocycles. The molecule has 3 aromatic heterocycles. The van der Waals surface area contributed by atoms with Crippen LogP contribution in [-0.4, -0.2) is 19.7 Å². The second kappa shape index (κ2) is 5.64. The summed E-state index contributed by atoms with van der Waals surface area (Å²) in [5, 5.41) is 6.07. The maximum absolute atomic E-state index is 13.1. The first-order chi connectivity index (χ1) is 11.6. The van der Waals surface area contributed by atoms with Gasteiger partial charge in [0, 0.05) is 10.9 Å². The molecule has 120 valence electrons. The van der Waals surface area contributed by atoms with Crippen LogP contribution in [-0.2, 0) is 6.54 Å². The fraction of sp³-hybridized carbons (Fsp3) is 0.125. The quantitative estimate of drug-likeness (QED) is 0.572. The third-order valence-corrected chi connectivity index (χ3v) is 4.48. The van der Waals surface area contributed by atoms with Gasteiger partial charge in [0.05, 0.1) is 11.7 Å². The van der Waals surface area contributed by atoms with Crippen molar-refractivity contribution in [1.29, 1.82) is 0 Å². The zero-order valence-corrected chi connectivity index (χ0v) is 13.4. The Morgan fingerprint density at radius 3 is 2.79 bits per heavy atom. The van der Waals surface area contributed by atoms with Gasteiger partial charge >= 0.3 is 0 Å². The smallest absolute Gasteiger partial charge is 0.263 e. The van der Waals surface area contributed by atoms with E-state index in [1.807, 2.05) is 5.38 Å². The Kier molecular flexibility index (Phi) is 3.46. The molecule has 4 rings (SSSR count). The summed E-state index contributed by atoms with van der Waals surface area (Å²) in [7, 11) is 0. The van der Waals surface area contributed by atoms with E-state index in [0.717, 1.165) is 11.1 Å². The standard InChI is InChI=1S/C16H11FN4O2S/c1-9-19-13(23-20-9)6-21-8-18-15-14(16(21)22)12(7-24-15)10-2-4-11(17)5-3-10/h2-5,7-8H,6H2,1H3. The lowest BCUT2D eigenvalue weighted by Crippen LogP contribution is -2.21. The van der Waals surface area contributed by atoms with Gasteiger partial charge < -0.3 is 4.52 Å². The molecule has 6 nitrogen and oxygen atoms in total. The summed E-state index contributed by atoms with van der Waals surface area (Å²) in [5.41, 5.74) is 1.31. The summed E-state index contributed by atoms with van der Waals surface area (Å²) in [5.74, 6) is 0.532. The molecule has 0 fully saturated rings. The van der Waals surface area contributed by atoms with E-state index in [0.29, 0.717) is 21.9 Å². The van der Waals surface area contributed by atoms with Crippen LogP contribution in [0.15, 0.2) is 45.3 Å². The number of fused-ring (bicyclic) bond motifs is 1. The second-order valence-corrected chi connectivity index (χ2v) is 6.11. The lowest BCUT2D eigenvalue weighted by Gasteiger charge is -2.03. The highest BCUT2D eigenvalue weighted by Gasteiger charge is 2.14. The van der Waals surface area contributed by atoms with Crippen LogP contribution in [0.1, 0.15) is 11.7 Å². The maximum atomic E-state index is 13.1. The number of nitrogens with zero attached hydrogens (tertiary/aromatic N) is 4. The SMILES string of the molecule is Cc1noc(Cn2cnc3scc(-c4ccc(F)cc4)c3c2=O)n1. The van der Waals surface area contributed by atoms with Gasteiger partial charge in [0.1, 0.15) is 17.2 Å². The molecular weight excluding hydrogens is 331 g/mol. The van der Waals surface area contributed by atoms with Crippen LogP contribution in [0.2, 0.25) is 0 Å². The molecule has 0 radical (unpaired) electrons. The Hall–Kier alpha value is -2.87. The van der Waals surface area contributed by atoms with Crippen molar-refractivity contribution in [3.05, 3.63) is 63.9 Å². The number of aromatic nitrogens is 4. The summed E-state index contributed by atoms with van der Waals surface area (Å²) in [6, 6.07) is 6.04. The van der Waals surface area contributed by atoms with Gasteiger partial charge in [-0.15, -0.1) is 11.3 Å². The molecule has 0 unspecified atom stereocenters. The molecule has 0 atom stereocenters. The predicted molar refractivity (Wildman–Crippen MR) is 87.4 cm³/mol. The van der Waals surface area contributed by atoms with Crippen LogP contribution in [0.4, 0.5) is 4.39 Å². The summed E-state index contributed by atoms with van der Waals surface area (Å²) in [6.07, 6.45) is 1.47. The Balaban J connectivity index is 1.84. The number of hydrogen-bond acceptors (Lipinski definition) is 6. The molecule has 8 heteroatoms. The van der Waals surface area contributed by atoms with Gasteiger partial charge in [0.2, 0.25) is 5.89 Å². The molecule has 0 aliphatic carbocycles. The fourth-order valence-electron chi connectivity index (χ4n) is 2.47. The topological polar surface area (TPSA) is 73.8 Å². The van der Waals surface area contributed by atoms with Crippen LogP contribution in [0, 0.1) is 12.7 Å². The van der Waals surface area contributed by atoms with Crippen molar-refractivity contribution in [3.63, 3.8) is 0 Å². The van der Waals surface area contributed by atoms with Crippen molar-refractivity contribution in [1.82, 2.24) is 19.7 Å². The second-order valence-electron chi connectivity index (χ2n) is 5.25. The lowest BCUT2D eigenvalue weighted by atomic mass is 10.1. The molecule has 0 N–H and O–H groups in total. The predicted octanol–water partition coefficient (Wildman–Crippen LogP) is 3.00. The molecule has 0 spiro atoms. The molecule has 24 heavy (non-hydrogen) atoms. The van der Waals surface area contributed by atoms with Crippen molar-refractivity contribution < 1.29 is 8.91 Å². The number of rotatable bonds is 3. The van der Waals surface area contributed by atoms with E-state index < -0.39 is 0 Å². The van der Waals surface area contributed by atoms with E-state index in [2.05, 4.69) is 15.1 Å². The highest BCUT2D eigenvalue weighted by Crippen LogP contribution is 2.30. The number of hydrogen-bond donors (Lipinski definition) is 0. The van der Waals surface area contributed by atoms with Crippen molar-refractivity contribution in [3.8, 4) is 11.1 Å². The average molecular weight is 342 g/mol. The third kappa shape index (κ3) is 2.50. The lowest BCUT2D eigenvalue weighted by molar-refractivity contribution is 0.366. The summed E-state index contributed by atoms with van der Waals surface area (Å²) >= 11 is 1.38. The fourth-order valence-corrected chi connectivity index (χ4v) is 3.38. The number of thiophene rings is 1. The zero-order chi connectivity index (χ0) is 16.7. The minimum atomic E-state index is -0.319. The highest BCUT2D eigenvalue weighted by molar-refractivity contribution is 7.17. The van der Waals surface area contributed by atoms with Gasteiger partial charge in [-0.2, -0.15) is 4.98 Å². The third-order valence-electron chi connectivity index (χ3n) is 3.59. The van der Waals surface area contributed by atoms with E-state index in [-0.39, 0.29) is 17.9 Å². The first-order valence-electron chi connectivity index (χ1n) is 7.13. The van der Waals surface area contributed by atoms with Crippen molar-refractivity contribution in [2.24, 2.45) is 0 Å². The zero-order valence-electron chi connectivity index (χ0n) is 12.6. The summed E-state index contributed by atoms with van der Waals surface area (Å²) in [6.45, 7) is 1.87. The van der Waals surface area contributed by atoms with Gasteiger partial charge in [-0.05, 0) is 24.6 Å². The Labute approximate surface area is 139 Å². The first-order valence-corrected chi connectivity index (χ1v) is 8.01. The van der Waals surface area contributed by atoms with Gasteiger partial charge in [-0.1, -0.05) is 17.3 Å². The van der Waals surface area contributed by atoms with Crippen molar-refractivity contribution >= 4 is 21.6 Å². The maximum Gasteiger partial charge on any atom is 0.263 e.